The van der Waals surface area contributed by atoms with Gasteiger partial charge in [0.1, 0.15) is 17.9 Å². The van der Waals surface area contributed by atoms with Crippen LogP contribution in [0.25, 0.3) is 5.65 Å². The molecule has 0 aliphatic carbocycles. The molecule has 0 saturated heterocycles. The fraction of sp³-hybridized carbons (Fsp3) is 0.188. The van der Waals surface area contributed by atoms with Gasteiger partial charge in [0.2, 0.25) is 0 Å². The van der Waals surface area contributed by atoms with Crippen LogP contribution in [0.3, 0.4) is 0 Å². The number of carbonyl (C=O) groups excluding carboxylic acids is 1. The lowest BCUT2D eigenvalue weighted by molar-refractivity contribution is 0.0456. The Morgan fingerprint density at radius 2 is 2.09 bits per heavy atom. The predicted molar refractivity (Wildman–Crippen MR) is 80.7 cm³/mol. The van der Waals surface area contributed by atoms with E-state index in [9.17, 15) is 9.59 Å². The largest absolute Gasteiger partial charge is 0.455 e. The van der Waals surface area contributed by atoms with E-state index in [2.05, 4.69) is 4.98 Å². The van der Waals surface area contributed by atoms with Gasteiger partial charge in [-0.3, -0.25) is 9.20 Å². The van der Waals surface area contributed by atoms with Crippen molar-refractivity contribution in [1.82, 2.24) is 14.0 Å². The first-order valence-electron chi connectivity index (χ1n) is 6.83. The number of rotatable bonds is 3. The molecule has 6 nitrogen and oxygen atoms in total. The fourth-order valence-electron chi connectivity index (χ4n) is 2.32. The van der Waals surface area contributed by atoms with Gasteiger partial charge in [0, 0.05) is 25.0 Å². The van der Waals surface area contributed by atoms with Crippen molar-refractivity contribution in [3.8, 4) is 0 Å². The summed E-state index contributed by atoms with van der Waals surface area (Å²) >= 11 is 0. The summed E-state index contributed by atoms with van der Waals surface area (Å²) in [5, 5.41) is 0. The minimum absolute atomic E-state index is 0.0380. The minimum atomic E-state index is -0.446. The third kappa shape index (κ3) is 2.50. The number of nitrogens with zero attached hydrogens (tertiary/aromatic N) is 3. The van der Waals surface area contributed by atoms with E-state index in [1.165, 1.54) is 10.5 Å². The summed E-state index contributed by atoms with van der Waals surface area (Å²) in [5.74, 6) is -0.446. The van der Waals surface area contributed by atoms with Crippen molar-refractivity contribution in [3.05, 3.63) is 70.0 Å². The maximum absolute atomic E-state index is 12.1. The van der Waals surface area contributed by atoms with Gasteiger partial charge < -0.3 is 9.30 Å². The fourth-order valence-corrected chi connectivity index (χ4v) is 2.32. The molecular formula is C16H15N3O3. The lowest BCUT2D eigenvalue weighted by Crippen LogP contribution is -2.18. The van der Waals surface area contributed by atoms with Gasteiger partial charge in [-0.2, -0.15) is 0 Å². The molecule has 3 aromatic rings. The molecule has 3 rings (SSSR count). The summed E-state index contributed by atoms with van der Waals surface area (Å²) in [7, 11) is 1.76. The normalized spacial score (nSPS) is 10.8. The molecule has 6 heteroatoms. The van der Waals surface area contributed by atoms with Crippen LogP contribution in [-0.4, -0.2) is 19.9 Å². The molecule has 0 unspecified atom stereocenters. The zero-order valence-electron chi connectivity index (χ0n) is 12.3. The molecular weight excluding hydrogens is 282 g/mol. The molecule has 0 spiro atoms. The van der Waals surface area contributed by atoms with Gasteiger partial charge in [0.05, 0.1) is 5.69 Å². The van der Waals surface area contributed by atoms with Crippen molar-refractivity contribution in [2.75, 3.05) is 0 Å². The molecule has 22 heavy (non-hydrogen) atoms. The highest BCUT2D eigenvalue weighted by Gasteiger charge is 2.11. The van der Waals surface area contributed by atoms with Gasteiger partial charge in [-0.15, -0.1) is 0 Å². The zero-order chi connectivity index (χ0) is 15.7. The van der Waals surface area contributed by atoms with Gasteiger partial charge in [-0.05, 0) is 31.2 Å². The van der Waals surface area contributed by atoms with Crippen LogP contribution in [0.15, 0.2) is 47.4 Å². The zero-order valence-corrected chi connectivity index (χ0v) is 12.3. The van der Waals surface area contributed by atoms with Gasteiger partial charge in [0.25, 0.3) is 5.56 Å². The lowest BCUT2D eigenvalue weighted by atomic mass is 10.3. The van der Waals surface area contributed by atoms with E-state index in [4.69, 9.17) is 4.74 Å². The van der Waals surface area contributed by atoms with Crippen molar-refractivity contribution in [1.29, 1.82) is 0 Å². The third-order valence-electron chi connectivity index (χ3n) is 3.44. The van der Waals surface area contributed by atoms with E-state index in [1.807, 2.05) is 19.1 Å². The molecule has 0 saturated carbocycles. The molecule has 0 bridgehead atoms. The SMILES string of the molecule is Cc1cccc2nc(COC(=O)c3cccn3C)cc(=O)n12. The molecule has 0 aromatic carbocycles. The Morgan fingerprint density at radius 3 is 2.82 bits per heavy atom. The van der Waals surface area contributed by atoms with Crippen molar-refractivity contribution in [3.63, 3.8) is 0 Å². The number of hydrogen-bond donors (Lipinski definition) is 0. The van der Waals surface area contributed by atoms with Crippen LogP contribution in [0.5, 0.6) is 0 Å². The van der Waals surface area contributed by atoms with E-state index in [1.54, 1.807) is 36.0 Å². The number of hydrogen-bond acceptors (Lipinski definition) is 4. The number of aromatic nitrogens is 3. The Hall–Kier alpha value is -2.89. The Morgan fingerprint density at radius 1 is 1.27 bits per heavy atom. The summed E-state index contributed by atoms with van der Waals surface area (Å²) in [5.41, 5.74) is 2.04. The van der Waals surface area contributed by atoms with Crippen molar-refractivity contribution in [2.24, 2.45) is 7.05 Å². The van der Waals surface area contributed by atoms with Crippen LogP contribution in [0.1, 0.15) is 21.9 Å². The topological polar surface area (TPSA) is 65.6 Å². The number of ether oxygens (including phenoxy) is 1. The van der Waals surface area contributed by atoms with Crippen LogP contribution in [0, 0.1) is 6.92 Å². The summed E-state index contributed by atoms with van der Waals surface area (Å²) < 4.78 is 8.41. The minimum Gasteiger partial charge on any atom is -0.455 e. The summed E-state index contributed by atoms with van der Waals surface area (Å²) in [6.07, 6.45) is 1.76. The molecule has 112 valence electrons. The van der Waals surface area contributed by atoms with Gasteiger partial charge >= 0.3 is 5.97 Å². The summed E-state index contributed by atoms with van der Waals surface area (Å²) in [6.45, 7) is 1.80. The first-order valence-corrected chi connectivity index (χ1v) is 6.83. The molecule has 0 aliphatic heterocycles. The van der Waals surface area contributed by atoms with Crippen molar-refractivity contribution in [2.45, 2.75) is 13.5 Å². The summed E-state index contributed by atoms with van der Waals surface area (Å²) in [4.78, 5) is 28.4. The second-order valence-electron chi connectivity index (χ2n) is 5.03. The van der Waals surface area contributed by atoms with E-state index in [0.29, 0.717) is 17.0 Å². The smallest absolute Gasteiger partial charge is 0.355 e. The van der Waals surface area contributed by atoms with Gasteiger partial charge in [-0.25, -0.2) is 9.78 Å². The van der Waals surface area contributed by atoms with Crippen LogP contribution in [0.2, 0.25) is 0 Å². The highest BCUT2D eigenvalue weighted by molar-refractivity contribution is 5.87. The van der Waals surface area contributed by atoms with Gasteiger partial charge in [-0.1, -0.05) is 6.07 Å². The van der Waals surface area contributed by atoms with E-state index < -0.39 is 5.97 Å². The number of pyridine rings is 1. The lowest BCUT2D eigenvalue weighted by Gasteiger charge is -2.08. The molecule has 0 radical (unpaired) electrons. The summed E-state index contributed by atoms with van der Waals surface area (Å²) in [6, 6.07) is 10.2. The van der Waals surface area contributed by atoms with E-state index in [0.717, 1.165) is 5.69 Å². The highest BCUT2D eigenvalue weighted by atomic mass is 16.5. The number of esters is 1. The average Bonchev–Trinajstić information content (AvgIpc) is 2.91. The first kappa shape index (κ1) is 14.1. The molecule has 0 amide bonds. The van der Waals surface area contributed by atoms with E-state index in [-0.39, 0.29) is 12.2 Å². The second-order valence-corrected chi connectivity index (χ2v) is 5.03. The molecule has 3 heterocycles. The van der Waals surface area contributed by atoms with E-state index >= 15 is 0 Å². The van der Waals surface area contributed by atoms with Crippen LogP contribution in [0.4, 0.5) is 0 Å². The number of fused-ring (bicyclic) bond motifs is 1. The monoisotopic (exact) mass is 297 g/mol. The van der Waals surface area contributed by atoms with Gasteiger partial charge in [0.15, 0.2) is 0 Å². The van der Waals surface area contributed by atoms with Crippen LogP contribution in [-0.2, 0) is 18.4 Å². The maximum Gasteiger partial charge on any atom is 0.355 e. The van der Waals surface area contributed by atoms with Crippen LogP contribution >= 0.6 is 0 Å². The molecule has 3 aromatic heterocycles. The maximum atomic E-state index is 12.1. The van der Waals surface area contributed by atoms with Crippen molar-refractivity contribution < 1.29 is 9.53 Å². The molecule has 0 N–H and O–H groups in total. The Kier molecular flexibility index (Phi) is 3.50. The van der Waals surface area contributed by atoms with Crippen LogP contribution < -0.4 is 5.56 Å². The number of carbonyl (C=O) groups is 1. The highest BCUT2D eigenvalue weighted by Crippen LogP contribution is 2.06. The first-order chi connectivity index (χ1) is 10.6. The number of aryl methyl sites for hydroxylation is 2. The quantitative estimate of drug-likeness (QED) is 0.690. The Balaban J connectivity index is 1.85. The molecule has 0 fully saturated rings. The second kappa shape index (κ2) is 5.48. The average molecular weight is 297 g/mol. The molecule has 0 aliphatic rings. The third-order valence-corrected chi connectivity index (χ3v) is 3.44. The predicted octanol–water partition coefficient (Wildman–Crippen LogP) is 1.70. The Labute approximate surface area is 126 Å². The van der Waals surface area contributed by atoms with Crippen molar-refractivity contribution >= 4 is 11.6 Å². The Bertz CT molecular complexity index is 908. The standard InChI is InChI=1S/C16H15N3O3/c1-11-5-3-7-14-17-12(9-15(20)19(11)14)10-22-16(21)13-6-4-8-18(13)2/h3-9H,10H2,1-2H3. The molecule has 0 atom stereocenters.